The molecule has 0 bridgehead atoms. The number of fused-ring (bicyclic) bond motifs is 3. The highest BCUT2D eigenvalue weighted by molar-refractivity contribution is 9.10. The molecule has 0 aliphatic carbocycles. The summed E-state index contributed by atoms with van der Waals surface area (Å²) in [5.41, 5.74) is 1.96. The van der Waals surface area contributed by atoms with E-state index in [9.17, 15) is 9.59 Å². The Kier molecular flexibility index (Phi) is 4.02. The summed E-state index contributed by atoms with van der Waals surface area (Å²) in [7, 11) is 1.71. The van der Waals surface area contributed by atoms with Gasteiger partial charge in [-0.1, -0.05) is 28.1 Å². The third-order valence-electron chi connectivity index (χ3n) is 5.07. The zero-order valence-corrected chi connectivity index (χ0v) is 16.5. The summed E-state index contributed by atoms with van der Waals surface area (Å²) in [4.78, 5) is 37.5. The van der Waals surface area contributed by atoms with Crippen molar-refractivity contribution in [1.29, 1.82) is 0 Å². The number of allylic oxidation sites excluding steroid dienone is 1. The van der Waals surface area contributed by atoms with Crippen LogP contribution in [0.25, 0.3) is 0 Å². The summed E-state index contributed by atoms with van der Waals surface area (Å²) in [6.45, 7) is 5.07. The number of nitrogens with zero attached hydrogens (tertiary/aromatic N) is 5. The molecule has 2 atom stereocenters. The lowest BCUT2D eigenvalue weighted by molar-refractivity contribution is -0.137. The number of carbonyl (C=O) groups excluding carboxylic acids is 2. The monoisotopic (exact) mass is 417 g/mol. The maximum absolute atomic E-state index is 13.2. The minimum atomic E-state index is -0.505. The van der Waals surface area contributed by atoms with Crippen LogP contribution in [-0.2, 0) is 11.3 Å². The molecule has 136 valence electrons. The van der Waals surface area contributed by atoms with Gasteiger partial charge in [-0.3, -0.25) is 9.69 Å². The first-order valence-corrected chi connectivity index (χ1v) is 9.36. The van der Waals surface area contributed by atoms with Crippen LogP contribution < -0.4 is 0 Å². The topological polar surface area (TPSA) is 59.5 Å². The number of benzene rings is 1. The number of likely N-dealkylation sites (N-methyl/N-ethyl adjacent to an activating group) is 1. The Morgan fingerprint density at radius 2 is 1.85 bits per heavy atom. The van der Waals surface area contributed by atoms with E-state index in [0.29, 0.717) is 0 Å². The van der Waals surface area contributed by atoms with Gasteiger partial charge >= 0.3 is 6.03 Å². The fraction of sp³-hybridized carbons (Fsp3) is 0.389. The van der Waals surface area contributed by atoms with Crippen LogP contribution in [0.2, 0.25) is 0 Å². The lowest BCUT2D eigenvalue weighted by atomic mass is 10.1. The third kappa shape index (κ3) is 2.43. The van der Waals surface area contributed by atoms with Crippen molar-refractivity contribution in [2.45, 2.75) is 32.6 Å². The maximum atomic E-state index is 13.2. The third-order valence-corrected chi connectivity index (χ3v) is 5.60. The van der Waals surface area contributed by atoms with Crippen LogP contribution in [-0.4, -0.2) is 63.3 Å². The second kappa shape index (κ2) is 6.12. The Balaban J connectivity index is 1.64. The van der Waals surface area contributed by atoms with Crippen LogP contribution in [0.5, 0.6) is 0 Å². The molecular weight excluding hydrogens is 398 g/mol. The predicted octanol–water partition coefficient (Wildman–Crippen LogP) is 2.41. The lowest BCUT2D eigenvalue weighted by Crippen LogP contribution is -2.63. The average Bonchev–Trinajstić information content (AvgIpc) is 3.12. The van der Waals surface area contributed by atoms with E-state index in [1.807, 2.05) is 49.2 Å². The van der Waals surface area contributed by atoms with Gasteiger partial charge in [0.2, 0.25) is 5.96 Å². The Hall–Kier alpha value is -2.35. The number of guanidine groups is 1. The molecule has 0 N–H and O–H groups in total. The molecule has 1 aromatic carbocycles. The molecule has 1 saturated heterocycles. The molecule has 2 unspecified atom stereocenters. The van der Waals surface area contributed by atoms with Gasteiger partial charge in [0.15, 0.2) is 12.2 Å². The largest absolute Gasteiger partial charge is 0.328 e. The van der Waals surface area contributed by atoms with E-state index in [1.165, 1.54) is 4.90 Å². The second-order valence-corrected chi connectivity index (χ2v) is 7.57. The minimum absolute atomic E-state index is 0.207. The molecule has 3 amide bonds. The number of hydrogen-bond donors (Lipinski definition) is 0. The highest BCUT2D eigenvalue weighted by Crippen LogP contribution is 2.34. The summed E-state index contributed by atoms with van der Waals surface area (Å²) in [6.07, 6.45) is 1.47. The fourth-order valence-electron chi connectivity index (χ4n) is 3.71. The molecule has 7 nitrogen and oxygen atoms in total. The van der Waals surface area contributed by atoms with Gasteiger partial charge in [-0.25, -0.2) is 9.79 Å². The summed E-state index contributed by atoms with van der Waals surface area (Å²) in [5.74, 6) is 0.542. The van der Waals surface area contributed by atoms with E-state index in [4.69, 9.17) is 0 Å². The van der Waals surface area contributed by atoms with Crippen molar-refractivity contribution >= 4 is 33.8 Å². The number of aliphatic imine (C=N–C) groups is 1. The van der Waals surface area contributed by atoms with Crippen LogP contribution in [0.3, 0.4) is 0 Å². The van der Waals surface area contributed by atoms with Gasteiger partial charge in [-0.15, -0.1) is 0 Å². The number of carbonyl (C=O) groups is 2. The maximum Gasteiger partial charge on any atom is 0.328 e. The second-order valence-electron chi connectivity index (χ2n) is 6.65. The van der Waals surface area contributed by atoms with Gasteiger partial charge < -0.3 is 14.7 Å². The van der Waals surface area contributed by atoms with Gasteiger partial charge in [-0.05, 0) is 31.5 Å². The molecule has 8 heteroatoms. The van der Waals surface area contributed by atoms with Crippen molar-refractivity contribution < 1.29 is 9.59 Å². The summed E-state index contributed by atoms with van der Waals surface area (Å²) >= 11 is 3.40. The van der Waals surface area contributed by atoms with Crippen molar-refractivity contribution in [3.8, 4) is 0 Å². The van der Waals surface area contributed by atoms with Gasteiger partial charge in [0.05, 0.1) is 6.54 Å². The highest BCUT2D eigenvalue weighted by Gasteiger charge is 2.53. The first-order chi connectivity index (χ1) is 12.4. The quantitative estimate of drug-likeness (QED) is 0.757. The number of amides is 3. The van der Waals surface area contributed by atoms with Crippen molar-refractivity contribution in [3.63, 3.8) is 0 Å². The van der Waals surface area contributed by atoms with Crippen molar-refractivity contribution in [1.82, 2.24) is 19.6 Å². The first kappa shape index (κ1) is 17.1. The van der Waals surface area contributed by atoms with Crippen LogP contribution >= 0.6 is 15.9 Å². The molecule has 1 fully saturated rings. The molecule has 3 heterocycles. The predicted molar refractivity (Wildman–Crippen MR) is 101 cm³/mol. The van der Waals surface area contributed by atoms with Gasteiger partial charge in [0.1, 0.15) is 0 Å². The average molecular weight is 418 g/mol. The molecule has 0 spiro atoms. The smallest absolute Gasteiger partial charge is 0.315 e. The van der Waals surface area contributed by atoms with Crippen LogP contribution in [0.4, 0.5) is 4.79 Å². The number of imide groups is 1. The molecular formula is C18H20BrN5O2. The van der Waals surface area contributed by atoms with Gasteiger partial charge in [0, 0.05) is 30.0 Å². The Bertz CT molecular complexity index is 834. The summed E-state index contributed by atoms with van der Waals surface area (Å²) < 4.78 is 0.959. The number of hydrogen-bond acceptors (Lipinski definition) is 5. The SMILES string of the molecule is CCN1C(C)=CN2C1=NC1C2C(=O)N(Cc2ccc(Br)cc2)C(=O)N1C. The summed E-state index contributed by atoms with van der Waals surface area (Å²) in [6, 6.07) is 6.81. The molecule has 3 aliphatic rings. The number of urea groups is 1. The molecule has 26 heavy (non-hydrogen) atoms. The Morgan fingerprint density at radius 3 is 2.50 bits per heavy atom. The molecule has 3 aliphatic heterocycles. The normalized spacial score (nSPS) is 24.8. The highest BCUT2D eigenvalue weighted by atomic mass is 79.9. The van der Waals surface area contributed by atoms with Crippen molar-refractivity contribution in [2.75, 3.05) is 13.6 Å². The van der Waals surface area contributed by atoms with Gasteiger partial charge in [0.25, 0.3) is 5.91 Å². The summed E-state index contributed by atoms with van der Waals surface area (Å²) in [5, 5.41) is 0. The van der Waals surface area contributed by atoms with E-state index in [1.54, 1.807) is 11.9 Å². The zero-order valence-electron chi connectivity index (χ0n) is 14.9. The first-order valence-electron chi connectivity index (χ1n) is 8.57. The molecule has 0 saturated carbocycles. The zero-order chi connectivity index (χ0) is 18.6. The van der Waals surface area contributed by atoms with E-state index in [-0.39, 0.29) is 18.5 Å². The van der Waals surface area contributed by atoms with Crippen LogP contribution in [0, 0.1) is 0 Å². The Labute approximate surface area is 160 Å². The standard InChI is InChI=1S/C18H20BrN5O2/c1-4-22-11(2)9-23-14-15(20-17(22)23)21(3)18(26)24(16(14)25)10-12-5-7-13(19)8-6-12/h5-9,14-15H,4,10H2,1-3H3. The van der Waals surface area contributed by atoms with Crippen LogP contribution in [0.1, 0.15) is 19.4 Å². The number of rotatable bonds is 3. The van der Waals surface area contributed by atoms with E-state index in [0.717, 1.165) is 28.2 Å². The van der Waals surface area contributed by atoms with Crippen molar-refractivity contribution in [3.05, 3.63) is 46.2 Å². The Morgan fingerprint density at radius 1 is 1.15 bits per heavy atom. The minimum Gasteiger partial charge on any atom is -0.315 e. The molecule has 4 rings (SSSR count). The van der Waals surface area contributed by atoms with Gasteiger partial charge in [-0.2, -0.15) is 0 Å². The fourth-order valence-corrected chi connectivity index (χ4v) is 3.97. The van der Waals surface area contributed by atoms with E-state index in [2.05, 4.69) is 25.8 Å². The lowest BCUT2D eigenvalue weighted by Gasteiger charge is -2.40. The van der Waals surface area contributed by atoms with Crippen LogP contribution in [0.15, 0.2) is 45.6 Å². The van der Waals surface area contributed by atoms with E-state index >= 15 is 0 Å². The number of halogens is 1. The van der Waals surface area contributed by atoms with E-state index < -0.39 is 12.2 Å². The van der Waals surface area contributed by atoms with Crippen molar-refractivity contribution in [2.24, 2.45) is 4.99 Å². The molecule has 0 radical (unpaired) electrons. The molecule has 0 aromatic heterocycles. The molecule has 1 aromatic rings.